The molecule has 0 saturated heterocycles. The first-order chi connectivity index (χ1) is 8.80. The predicted octanol–water partition coefficient (Wildman–Crippen LogP) is 4.10. The van der Waals surface area contributed by atoms with Gasteiger partial charge in [0.15, 0.2) is 0 Å². The van der Waals surface area contributed by atoms with Crippen LogP contribution in [-0.2, 0) is 10.9 Å². The van der Waals surface area contributed by atoms with E-state index in [1.807, 2.05) is 13.8 Å². The lowest BCUT2D eigenvalue weighted by atomic mass is 10.1. The highest BCUT2D eigenvalue weighted by Crippen LogP contribution is 2.33. The Hall–Kier alpha value is -1.23. The summed E-state index contributed by atoms with van der Waals surface area (Å²) in [5, 5.41) is 2.93. The van der Waals surface area contributed by atoms with Crippen LogP contribution in [0.3, 0.4) is 0 Å². The highest BCUT2D eigenvalue weighted by molar-refractivity contribution is 5.49. The van der Waals surface area contributed by atoms with Crippen LogP contribution in [-0.4, -0.2) is 19.8 Å². The van der Waals surface area contributed by atoms with Gasteiger partial charge in [0.2, 0.25) is 0 Å². The van der Waals surface area contributed by atoms with Crippen molar-refractivity contribution in [2.75, 3.05) is 25.1 Å². The van der Waals surface area contributed by atoms with E-state index >= 15 is 0 Å². The van der Waals surface area contributed by atoms with Crippen molar-refractivity contribution in [2.45, 2.75) is 26.9 Å². The van der Waals surface area contributed by atoms with Crippen molar-refractivity contribution >= 4 is 5.69 Å². The second kappa shape index (κ2) is 6.80. The lowest BCUT2D eigenvalue weighted by Gasteiger charge is -2.13. The Bertz CT molecular complexity index is 402. The third-order valence-electron chi connectivity index (χ3n) is 2.57. The zero-order valence-electron chi connectivity index (χ0n) is 11.5. The van der Waals surface area contributed by atoms with Crippen molar-refractivity contribution in [3.63, 3.8) is 0 Å². The number of anilines is 1. The summed E-state index contributed by atoms with van der Waals surface area (Å²) in [7, 11) is 0. The van der Waals surface area contributed by atoms with Gasteiger partial charge in [0.05, 0.1) is 12.2 Å². The number of alkyl halides is 3. The molecule has 0 atom stereocenters. The molecule has 0 spiro atoms. The highest BCUT2D eigenvalue weighted by atomic mass is 19.4. The van der Waals surface area contributed by atoms with Crippen molar-refractivity contribution in [1.82, 2.24) is 0 Å². The molecule has 0 fully saturated rings. The summed E-state index contributed by atoms with van der Waals surface area (Å²) >= 11 is 0. The van der Waals surface area contributed by atoms with E-state index in [0.29, 0.717) is 31.4 Å². The van der Waals surface area contributed by atoms with E-state index in [4.69, 9.17) is 4.74 Å². The van der Waals surface area contributed by atoms with Gasteiger partial charge in [-0.05, 0) is 30.5 Å². The van der Waals surface area contributed by atoms with E-state index in [-0.39, 0.29) is 5.56 Å². The van der Waals surface area contributed by atoms with E-state index in [9.17, 15) is 13.2 Å². The summed E-state index contributed by atoms with van der Waals surface area (Å²) in [6.07, 6.45) is -4.31. The second-order valence-electron chi connectivity index (χ2n) is 4.92. The Morgan fingerprint density at radius 1 is 1.26 bits per heavy atom. The molecular formula is C14H20F3NO. The molecule has 2 nitrogen and oxygen atoms in total. The molecule has 0 aromatic heterocycles. The molecule has 0 bridgehead atoms. The highest BCUT2D eigenvalue weighted by Gasteiger charge is 2.32. The Balaban J connectivity index is 2.51. The topological polar surface area (TPSA) is 21.3 Å². The predicted molar refractivity (Wildman–Crippen MR) is 70.3 cm³/mol. The zero-order chi connectivity index (χ0) is 14.5. The van der Waals surface area contributed by atoms with Gasteiger partial charge >= 0.3 is 6.18 Å². The van der Waals surface area contributed by atoms with Crippen LogP contribution in [0.5, 0.6) is 0 Å². The summed E-state index contributed by atoms with van der Waals surface area (Å²) in [4.78, 5) is 0. The molecule has 0 amide bonds. The maximum Gasteiger partial charge on any atom is 0.416 e. The number of benzene rings is 1. The van der Waals surface area contributed by atoms with E-state index in [0.717, 1.165) is 6.07 Å². The fourth-order valence-corrected chi connectivity index (χ4v) is 1.62. The van der Waals surface area contributed by atoms with Crippen LogP contribution in [0.25, 0.3) is 0 Å². The Kier molecular flexibility index (Phi) is 5.66. The first-order valence-corrected chi connectivity index (χ1v) is 6.30. The molecule has 0 aliphatic heterocycles. The molecular weight excluding hydrogens is 255 g/mol. The van der Waals surface area contributed by atoms with Gasteiger partial charge in [-0.15, -0.1) is 0 Å². The van der Waals surface area contributed by atoms with Crippen molar-refractivity contribution in [3.8, 4) is 0 Å². The number of hydrogen-bond acceptors (Lipinski definition) is 2. The van der Waals surface area contributed by atoms with Gasteiger partial charge in [-0.2, -0.15) is 13.2 Å². The van der Waals surface area contributed by atoms with E-state index in [1.54, 1.807) is 6.07 Å². The number of hydrogen-bond donors (Lipinski definition) is 1. The average molecular weight is 275 g/mol. The fraction of sp³-hybridized carbons (Fsp3) is 0.571. The van der Waals surface area contributed by atoms with Gasteiger partial charge in [-0.1, -0.05) is 19.9 Å². The van der Waals surface area contributed by atoms with Crippen LogP contribution in [0.1, 0.15) is 25.0 Å². The second-order valence-corrected chi connectivity index (χ2v) is 4.92. The minimum Gasteiger partial charge on any atom is -0.383 e. The maximum atomic E-state index is 12.7. The van der Waals surface area contributed by atoms with Gasteiger partial charge in [-0.3, -0.25) is 0 Å². The first-order valence-electron chi connectivity index (χ1n) is 6.30. The molecule has 0 heterocycles. The van der Waals surface area contributed by atoms with E-state index < -0.39 is 11.7 Å². The van der Waals surface area contributed by atoms with Gasteiger partial charge < -0.3 is 10.1 Å². The van der Waals surface area contributed by atoms with Crippen LogP contribution in [0.15, 0.2) is 18.2 Å². The summed E-state index contributed by atoms with van der Waals surface area (Å²) < 4.78 is 43.5. The third-order valence-corrected chi connectivity index (χ3v) is 2.57. The molecule has 1 aromatic carbocycles. The molecule has 108 valence electrons. The minimum absolute atomic E-state index is 0.231. The Morgan fingerprint density at radius 3 is 2.53 bits per heavy atom. The summed E-state index contributed by atoms with van der Waals surface area (Å²) in [5.74, 6) is 0.455. The van der Waals surface area contributed by atoms with Gasteiger partial charge in [0.1, 0.15) is 0 Å². The van der Waals surface area contributed by atoms with Crippen molar-refractivity contribution in [2.24, 2.45) is 5.92 Å². The van der Waals surface area contributed by atoms with Gasteiger partial charge in [-0.25, -0.2) is 0 Å². The maximum absolute atomic E-state index is 12.7. The lowest BCUT2D eigenvalue weighted by molar-refractivity contribution is -0.138. The number of ether oxygens (including phenoxy) is 1. The normalized spacial score (nSPS) is 11.9. The standard InChI is InChI=1S/C14H20F3NO/c1-10(2)9-19-7-6-18-12-5-4-11(3)13(8-12)14(15,16)17/h4-5,8,10,18H,6-7,9H2,1-3H3. The fourth-order valence-electron chi connectivity index (χ4n) is 1.62. The molecule has 0 radical (unpaired) electrons. The smallest absolute Gasteiger partial charge is 0.383 e. The average Bonchev–Trinajstić information content (AvgIpc) is 2.28. The summed E-state index contributed by atoms with van der Waals surface area (Å²) in [5.41, 5.74) is 0.0979. The molecule has 1 rings (SSSR count). The van der Waals surface area contributed by atoms with Crippen LogP contribution in [0, 0.1) is 12.8 Å². The van der Waals surface area contributed by atoms with Crippen LogP contribution >= 0.6 is 0 Å². The van der Waals surface area contributed by atoms with Crippen molar-refractivity contribution in [1.29, 1.82) is 0 Å². The number of halogens is 3. The molecule has 1 N–H and O–H groups in total. The van der Waals surface area contributed by atoms with Gasteiger partial charge in [0, 0.05) is 18.8 Å². The molecule has 0 unspecified atom stereocenters. The van der Waals surface area contributed by atoms with E-state index in [2.05, 4.69) is 5.32 Å². The van der Waals surface area contributed by atoms with Crippen molar-refractivity contribution in [3.05, 3.63) is 29.3 Å². The Morgan fingerprint density at radius 2 is 1.95 bits per heavy atom. The first kappa shape index (κ1) is 15.8. The molecule has 0 saturated carbocycles. The lowest BCUT2D eigenvalue weighted by Crippen LogP contribution is -2.13. The van der Waals surface area contributed by atoms with E-state index in [1.165, 1.54) is 13.0 Å². The molecule has 19 heavy (non-hydrogen) atoms. The molecule has 0 aliphatic rings. The van der Waals surface area contributed by atoms with Crippen molar-refractivity contribution < 1.29 is 17.9 Å². The number of aryl methyl sites for hydroxylation is 1. The summed E-state index contributed by atoms with van der Waals surface area (Å²) in [6, 6.07) is 4.25. The SMILES string of the molecule is Cc1ccc(NCCOCC(C)C)cc1C(F)(F)F. The monoisotopic (exact) mass is 275 g/mol. The van der Waals surface area contributed by atoms with Crippen LogP contribution in [0.4, 0.5) is 18.9 Å². The zero-order valence-corrected chi connectivity index (χ0v) is 11.5. The summed E-state index contributed by atoms with van der Waals surface area (Å²) in [6.45, 7) is 7.17. The van der Waals surface area contributed by atoms with Crippen LogP contribution in [0.2, 0.25) is 0 Å². The minimum atomic E-state index is -4.31. The molecule has 0 aliphatic carbocycles. The molecule has 1 aromatic rings. The molecule has 5 heteroatoms. The largest absolute Gasteiger partial charge is 0.416 e. The van der Waals surface area contributed by atoms with Gasteiger partial charge in [0.25, 0.3) is 0 Å². The quantitative estimate of drug-likeness (QED) is 0.789. The number of rotatable bonds is 6. The van der Waals surface area contributed by atoms with Crippen LogP contribution < -0.4 is 5.32 Å². The third kappa shape index (κ3) is 5.51. The Labute approximate surface area is 112 Å². The number of nitrogens with one attached hydrogen (secondary N) is 1.